The lowest BCUT2D eigenvalue weighted by molar-refractivity contribution is -0.111. The molecule has 0 atom stereocenters. The van der Waals surface area contributed by atoms with Gasteiger partial charge < -0.3 is 9.73 Å². The molecule has 4 rings (SSSR count). The molecule has 0 spiro atoms. The van der Waals surface area contributed by atoms with E-state index < -0.39 is 0 Å². The van der Waals surface area contributed by atoms with E-state index in [1.165, 1.54) is 6.08 Å². The van der Waals surface area contributed by atoms with Crippen LogP contribution in [0.25, 0.3) is 28.6 Å². The maximum absolute atomic E-state index is 12.2. The molecule has 138 valence electrons. The molecule has 3 aromatic carbocycles. The van der Waals surface area contributed by atoms with Gasteiger partial charge in [0.15, 0.2) is 5.58 Å². The van der Waals surface area contributed by atoms with Crippen molar-refractivity contribution >= 4 is 52.0 Å². The number of hydrogen-bond donors (Lipinski definition) is 1. The molecular weight excluding hydrogens is 395 g/mol. The molecule has 0 aliphatic heterocycles. The van der Waals surface area contributed by atoms with Crippen LogP contribution in [0.2, 0.25) is 10.0 Å². The van der Waals surface area contributed by atoms with Crippen LogP contribution >= 0.6 is 23.2 Å². The van der Waals surface area contributed by atoms with E-state index in [9.17, 15) is 4.79 Å². The highest BCUT2D eigenvalue weighted by Crippen LogP contribution is 2.32. The van der Waals surface area contributed by atoms with E-state index in [2.05, 4.69) is 10.3 Å². The Balaban J connectivity index is 1.56. The molecule has 1 N–H and O–H groups in total. The highest BCUT2D eigenvalue weighted by Gasteiger charge is 2.13. The molecule has 1 heterocycles. The Morgan fingerprint density at radius 3 is 2.64 bits per heavy atom. The minimum absolute atomic E-state index is 0.232. The average molecular weight is 409 g/mol. The molecule has 0 unspecified atom stereocenters. The zero-order valence-electron chi connectivity index (χ0n) is 14.5. The second kappa shape index (κ2) is 7.89. The first kappa shape index (κ1) is 18.3. The zero-order chi connectivity index (χ0) is 19.5. The summed E-state index contributed by atoms with van der Waals surface area (Å²) in [5, 5.41) is 3.86. The Labute approximate surface area is 171 Å². The van der Waals surface area contributed by atoms with Crippen LogP contribution in [0.5, 0.6) is 0 Å². The van der Waals surface area contributed by atoms with E-state index in [0.29, 0.717) is 38.3 Å². The Kier molecular flexibility index (Phi) is 5.15. The van der Waals surface area contributed by atoms with E-state index >= 15 is 0 Å². The molecule has 0 radical (unpaired) electrons. The summed E-state index contributed by atoms with van der Waals surface area (Å²) in [6, 6.07) is 20.0. The highest BCUT2D eigenvalue weighted by molar-refractivity contribution is 6.35. The van der Waals surface area contributed by atoms with Crippen LogP contribution < -0.4 is 5.32 Å². The Morgan fingerprint density at radius 2 is 1.82 bits per heavy atom. The molecule has 0 saturated heterocycles. The minimum Gasteiger partial charge on any atom is -0.436 e. The van der Waals surface area contributed by atoms with Gasteiger partial charge in [-0.05, 0) is 48.0 Å². The van der Waals surface area contributed by atoms with Crippen LogP contribution in [0.15, 0.2) is 77.2 Å². The SMILES string of the molecule is O=C(C=Cc1ccccc1)Nc1ccc2oc(-c3cc(Cl)ccc3Cl)nc2c1. The van der Waals surface area contributed by atoms with Crippen LogP contribution in [-0.2, 0) is 4.79 Å². The van der Waals surface area contributed by atoms with E-state index in [-0.39, 0.29) is 5.91 Å². The Bertz CT molecular complexity index is 1180. The highest BCUT2D eigenvalue weighted by atomic mass is 35.5. The van der Waals surface area contributed by atoms with Gasteiger partial charge in [-0.1, -0.05) is 53.5 Å². The fourth-order valence-electron chi connectivity index (χ4n) is 2.70. The third-order valence-corrected chi connectivity index (χ3v) is 4.61. The van der Waals surface area contributed by atoms with Gasteiger partial charge in [-0.3, -0.25) is 4.79 Å². The number of aromatic nitrogens is 1. The van der Waals surface area contributed by atoms with Gasteiger partial charge in [-0.2, -0.15) is 0 Å². The van der Waals surface area contributed by atoms with Gasteiger partial charge >= 0.3 is 0 Å². The number of carbonyl (C=O) groups excluding carboxylic acids is 1. The van der Waals surface area contributed by atoms with Gasteiger partial charge in [0, 0.05) is 16.8 Å². The minimum atomic E-state index is -0.232. The molecule has 4 nitrogen and oxygen atoms in total. The van der Waals surface area contributed by atoms with Crippen molar-refractivity contribution in [3.63, 3.8) is 0 Å². The first-order chi connectivity index (χ1) is 13.6. The van der Waals surface area contributed by atoms with Gasteiger partial charge in [0.2, 0.25) is 11.8 Å². The van der Waals surface area contributed by atoms with Crippen LogP contribution in [0.4, 0.5) is 5.69 Å². The van der Waals surface area contributed by atoms with Crippen LogP contribution in [0, 0.1) is 0 Å². The van der Waals surface area contributed by atoms with Crippen molar-refractivity contribution in [2.45, 2.75) is 0 Å². The van der Waals surface area contributed by atoms with E-state index in [1.54, 1.807) is 42.5 Å². The zero-order valence-corrected chi connectivity index (χ0v) is 16.0. The number of oxazole rings is 1. The molecule has 4 aromatic rings. The number of benzene rings is 3. The third kappa shape index (κ3) is 4.09. The van der Waals surface area contributed by atoms with Crippen LogP contribution in [-0.4, -0.2) is 10.9 Å². The Hall–Kier alpha value is -3.08. The maximum Gasteiger partial charge on any atom is 0.248 e. The monoisotopic (exact) mass is 408 g/mol. The van der Waals surface area contributed by atoms with E-state index in [0.717, 1.165) is 5.56 Å². The van der Waals surface area contributed by atoms with Crippen LogP contribution in [0.3, 0.4) is 0 Å². The van der Waals surface area contributed by atoms with Crippen LogP contribution in [0.1, 0.15) is 5.56 Å². The summed E-state index contributed by atoms with van der Waals surface area (Å²) in [4.78, 5) is 16.6. The molecular formula is C22H14Cl2N2O2. The summed E-state index contributed by atoms with van der Waals surface area (Å²) in [7, 11) is 0. The molecule has 0 aliphatic rings. The summed E-state index contributed by atoms with van der Waals surface area (Å²) in [6.45, 7) is 0. The lowest BCUT2D eigenvalue weighted by Crippen LogP contribution is -2.07. The number of nitrogens with zero attached hydrogens (tertiary/aromatic N) is 1. The number of anilines is 1. The van der Waals surface area contributed by atoms with Gasteiger partial charge in [-0.15, -0.1) is 0 Å². The largest absolute Gasteiger partial charge is 0.436 e. The number of nitrogens with one attached hydrogen (secondary N) is 1. The smallest absolute Gasteiger partial charge is 0.248 e. The summed E-state index contributed by atoms with van der Waals surface area (Å²) >= 11 is 12.3. The second-order valence-corrected chi connectivity index (χ2v) is 6.90. The molecule has 1 aromatic heterocycles. The number of hydrogen-bond acceptors (Lipinski definition) is 3. The number of fused-ring (bicyclic) bond motifs is 1. The van der Waals surface area contributed by atoms with Crippen molar-refractivity contribution < 1.29 is 9.21 Å². The second-order valence-electron chi connectivity index (χ2n) is 6.06. The third-order valence-electron chi connectivity index (χ3n) is 4.04. The van der Waals surface area contributed by atoms with Crippen molar-refractivity contribution in [2.24, 2.45) is 0 Å². The standard InChI is InChI=1S/C22H14Cl2N2O2/c23-15-7-9-18(24)17(12-15)22-26-19-13-16(8-10-20(19)28-22)25-21(27)11-6-14-4-2-1-3-5-14/h1-13H,(H,25,27). The van der Waals surface area contributed by atoms with Gasteiger partial charge in [0.05, 0.1) is 10.6 Å². The van der Waals surface area contributed by atoms with Crippen molar-refractivity contribution in [1.29, 1.82) is 0 Å². The molecule has 6 heteroatoms. The van der Waals surface area contributed by atoms with Crippen molar-refractivity contribution in [1.82, 2.24) is 4.98 Å². The average Bonchev–Trinajstić information content (AvgIpc) is 3.12. The summed E-state index contributed by atoms with van der Waals surface area (Å²) in [6.07, 6.45) is 3.24. The predicted molar refractivity (Wildman–Crippen MR) is 114 cm³/mol. The number of carbonyl (C=O) groups is 1. The van der Waals surface area contributed by atoms with Crippen molar-refractivity contribution in [3.8, 4) is 11.5 Å². The van der Waals surface area contributed by atoms with Crippen molar-refractivity contribution in [2.75, 3.05) is 5.32 Å². The fraction of sp³-hybridized carbons (Fsp3) is 0. The normalized spacial score (nSPS) is 11.2. The van der Waals surface area contributed by atoms with Gasteiger partial charge in [0.1, 0.15) is 5.52 Å². The molecule has 1 amide bonds. The lowest BCUT2D eigenvalue weighted by Gasteiger charge is -2.01. The number of amides is 1. The maximum atomic E-state index is 12.2. The van der Waals surface area contributed by atoms with Gasteiger partial charge in [-0.25, -0.2) is 4.98 Å². The van der Waals surface area contributed by atoms with Gasteiger partial charge in [0.25, 0.3) is 0 Å². The Morgan fingerprint density at radius 1 is 1.00 bits per heavy atom. The number of halogens is 2. The lowest BCUT2D eigenvalue weighted by atomic mass is 10.2. The predicted octanol–water partition coefficient (Wildman–Crippen LogP) is 6.45. The van der Waals surface area contributed by atoms with E-state index in [1.807, 2.05) is 30.3 Å². The fourth-order valence-corrected chi connectivity index (χ4v) is 3.07. The van der Waals surface area contributed by atoms with Crippen molar-refractivity contribution in [3.05, 3.63) is 88.4 Å². The molecule has 28 heavy (non-hydrogen) atoms. The summed E-state index contributed by atoms with van der Waals surface area (Å²) in [5.74, 6) is 0.139. The topological polar surface area (TPSA) is 55.1 Å². The quantitative estimate of drug-likeness (QED) is 0.394. The van der Waals surface area contributed by atoms with E-state index in [4.69, 9.17) is 27.6 Å². The molecule has 0 aliphatic carbocycles. The first-order valence-electron chi connectivity index (χ1n) is 8.48. The summed E-state index contributed by atoms with van der Waals surface area (Å²) < 4.78 is 5.77. The molecule has 0 bridgehead atoms. The molecule has 0 fully saturated rings. The number of rotatable bonds is 4. The first-order valence-corrected chi connectivity index (χ1v) is 9.24. The molecule has 0 saturated carbocycles. The summed E-state index contributed by atoms with van der Waals surface area (Å²) in [5.41, 5.74) is 3.38.